The fraction of sp³-hybridized carbons (Fsp3) is 0.857. The Balaban J connectivity index is 1.78. The fourth-order valence-corrected chi connectivity index (χ4v) is 2.55. The lowest BCUT2D eigenvalue weighted by Gasteiger charge is -2.27. The van der Waals surface area contributed by atoms with Gasteiger partial charge in [-0.1, -0.05) is 19.0 Å². The SMILES string of the molecule is CCCOCc1noc(CC(C)C2CCCNC2)n1. The topological polar surface area (TPSA) is 60.2 Å². The maximum atomic E-state index is 5.41. The first-order valence-corrected chi connectivity index (χ1v) is 7.39. The summed E-state index contributed by atoms with van der Waals surface area (Å²) in [4.78, 5) is 4.39. The molecule has 2 heterocycles. The molecule has 2 unspecified atom stereocenters. The second kappa shape index (κ2) is 7.60. The van der Waals surface area contributed by atoms with Crippen LogP contribution in [0.15, 0.2) is 4.52 Å². The summed E-state index contributed by atoms with van der Waals surface area (Å²) in [5.41, 5.74) is 0. The van der Waals surface area contributed by atoms with Gasteiger partial charge in [0, 0.05) is 13.0 Å². The van der Waals surface area contributed by atoms with Crippen LogP contribution in [0.4, 0.5) is 0 Å². The normalized spacial score (nSPS) is 21.5. The van der Waals surface area contributed by atoms with Gasteiger partial charge in [0.1, 0.15) is 6.61 Å². The van der Waals surface area contributed by atoms with E-state index < -0.39 is 0 Å². The average molecular weight is 267 g/mol. The molecule has 5 heteroatoms. The number of ether oxygens (including phenoxy) is 1. The van der Waals surface area contributed by atoms with E-state index in [0.29, 0.717) is 18.3 Å². The van der Waals surface area contributed by atoms with E-state index >= 15 is 0 Å². The maximum absolute atomic E-state index is 5.41. The molecule has 1 aromatic heterocycles. The van der Waals surface area contributed by atoms with Crippen molar-refractivity contribution < 1.29 is 9.26 Å². The van der Waals surface area contributed by atoms with Gasteiger partial charge in [0.25, 0.3) is 0 Å². The Morgan fingerprint density at radius 2 is 2.42 bits per heavy atom. The quantitative estimate of drug-likeness (QED) is 0.767. The molecule has 1 aliphatic heterocycles. The highest BCUT2D eigenvalue weighted by Crippen LogP contribution is 2.22. The summed E-state index contributed by atoms with van der Waals surface area (Å²) < 4.78 is 10.7. The van der Waals surface area contributed by atoms with Gasteiger partial charge in [0.15, 0.2) is 5.82 Å². The van der Waals surface area contributed by atoms with Crippen LogP contribution in [0.25, 0.3) is 0 Å². The van der Waals surface area contributed by atoms with E-state index in [4.69, 9.17) is 9.26 Å². The predicted octanol–water partition coefficient (Wildman–Crippen LogP) is 2.17. The minimum Gasteiger partial charge on any atom is -0.373 e. The molecule has 0 amide bonds. The second-order valence-electron chi connectivity index (χ2n) is 5.44. The van der Waals surface area contributed by atoms with Crippen molar-refractivity contribution in [2.24, 2.45) is 11.8 Å². The van der Waals surface area contributed by atoms with E-state index in [1.54, 1.807) is 0 Å². The van der Waals surface area contributed by atoms with E-state index in [1.165, 1.54) is 12.8 Å². The first-order valence-electron chi connectivity index (χ1n) is 7.39. The average Bonchev–Trinajstić information content (AvgIpc) is 2.88. The summed E-state index contributed by atoms with van der Waals surface area (Å²) in [6, 6.07) is 0. The van der Waals surface area contributed by atoms with E-state index in [0.717, 1.165) is 44.3 Å². The molecule has 0 radical (unpaired) electrons. The Morgan fingerprint density at radius 3 is 3.16 bits per heavy atom. The van der Waals surface area contributed by atoms with Gasteiger partial charge in [-0.3, -0.25) is 0 Å². The number of rotatable bonds is 7. The van der Waals surface area contributed by atoms with E-state index in [2.05, 4.69) is 29.3 Å². The van der Waals surface area contributed by atoms with Crippen LogP contribution in [0.5, 0.6) is 0 Å². The number of hydrogen-bond acceptors (Lipinski definition) is 5. The van der Waals surface area contributed by atoms with Crippen molar-refractivity contribution in [3.05, 3.63) is 11.7 Å². The van der Waals surface area contributed by atoms with Crippen molar-refractivity contribution in [1.82, 2.24) is 15.5 Å². The molecule has 0 saturated carbocycles. The van der Waals surface area contributed by atoms with Crippen LogP contribution in [0.1, 0.15) is 44.8 Å². The minimum absolute atomic E-state index is 0.455. The zero-order valence-electron chi connectivity index (χ0n) is 12.0. The third-order valence-corrected chi connectivity index (χ3v) is 3.73. The van der Waals surface area contributed by atoms with E-state index in [-0.39, 0.29) is 0 Å². The Labute approximate surface area is 115 Å². The van der Waals surface area contributed by atoms with Crippen LogP contribution in [-0.2, 0) is 17.8 Å². The van der Waals surface area contributed by atoms with Gasteiger partial charge >= 0.3 is 0 Å². The van der Waals surface area contributed by atoms with Crippen molar-refractivity contribution in [2.45, 2.75) is 46.1 Å². The number of piperidine rings is 1. The van der Waals surface area contributed by atoms with Gasteiger partial charge in [0.2, 0.25) is 5.89 Å². The fourth-order valence-electron chi connectivity index (χ4n) is 2.55. The Bertz CT molecular complexity index is 361. The van der Waals surface area contributed by atoms with Crippen LogP contribution in [0, 0.1) is 11.8 Å². The van der Waals surface area contributed by atoms with Crippen LogP contribution in [-0.4, -0.2) is 29.8 Å². The summed E-state index contributed by atoms with van der Waals surface area (Å²) in [7, 11) is 0. The van der Waals surface area contributed by atoms with E-state index in [1.807, 2.05) is 0 Å². The van der Waals surface area contributed by atoms with Gasteiger partial charge in [-0.15, -0.1) is 0 Å². The van der Waals surface area contributed by atoms with E-state index in [9.17, 15) is 0 Å². The number of hydrogen-bond donors (Lipinski definition) is 1. The molecule has 1 saturated heterocycles. The Morgan fingerprint density at radius 1 is 1.53 bits per heavy atom. The smallest absolute Gasteiger partial charge is 0.227 e. The summed E-state index contributed by atoms with van der Waals surface area (Å²) >= 11 is 0. The summed E-state index contributed by atoms with van der Waals surface area (Å²) in [6.07, 6.45) is 4.45. The van der Waals surface area contributed by atoms with Crippen molar-refractivity contribution in [2.75, 3.05) is 19.7 Å². The van der Waals surface area contributed by atoms with Gasteiger partial charge in [-0.2, -0.15) is 4.98 Å². The highest BCUT2D eigenvalue weighted by molar-refractivity contribution is 4.88. The van der Waals surface area contributed by atoms with Crippen LogP contribution in [0.2, 0.25) is 0 Å². The van der Waals surface area contributed by atoms with Crippen LogP contribution >= 0.6 is 0 Å². The van der Waals surface area contributed by atoms with Crippen LogP contribution < -0.4 is 5.32 Å². The summed E-state index contributed by atoms with van der Waals surface area (Å²) in [6.45, 7) is 7.83. The molecule has 5 nitrogen and oxygen atoms in total. The molecule has 19 heavy (non-hydrogen) atoms. The Kier molecular flexibility index (Phi) is 5.79. The molecule has 1 aromatic rings. The lowest BCUT2D eigenvalue weighted by atomic mass is 9.85. The Hall–Kier alpha value is -0.940. The summed E-state index contributed by atoms with van der Waals surface area (Å²) in [5, 5.41) is 7.41. The standard InChI is InChI=1S/C14H25N3O2/c1-3-7-18-10-13-16-14(19-17-13)8-11(2)12-5-4-6-15-9-12/h11-12,15H,3-10H2,1-2H3. The van der Waals surface area contributed by atoms with Gasteiger partial charge in [-0.25, -0.2) is 0 Å². The largest absolute Gasteiger partial charge is 0.373 e. The molecular formula is C14H25N3O2. The number of nitrogens with one attached hydrogen (secondary N) is 1. The number of aromatic nitrogens is 2. The van der Waals surface area contributed by atoms with Gasteiger partial charge in [0.05, 0.1) is 0 Å². The number of nitrogens with zero attached hydrogens (tertiary/aromatic N) is 2. The van der Waals surface area contributed by atoms with Crippen molar-refractivity contribution in [3.63, 3.8) is 0 Å². The highest BCUT2D eigenvalue weighted by atomic mass is 16.5. The molecule has 2 atom stereocenters. The molecule has 1 aliphatic rings. The molecule has 0 aromatic carbocycles. The molecule has 0 aliphatic carbocycles. The van der Waals surface area contributed by atoms with Crippen molar-refractivity contribution in [1.29, 1.82) is 0 Å². The first kappa shape index (κ1) is 14.5. The zero-order valence-corrected chi connectivity index (χ0v) is 12.0. The zero-order chi connectivity index (χ0) is 13.5. The monoisotopic (exact) mass is 267 g/mol. The molecule has 0 spiro atoms. The highest BCUT2D eigenvalue weighted by Gasteiger charge is 2.22. The lowest BCUT2D eigenvalue weighted by Crippen LogP contribution is -2.33. The molecule has 2 rings (SSSR count). The molecule has 1 fully saturated rings. The third-order valence-electron chi connectivity index (χ3n) is 3.73. The van der Waals surface area contributed by atoms with Gasteiger partial charge < -0.3 is 14.6 Å². The third kappa shape index (κ3) is 4.58. The van der Waals surface area contributed by atoms with Crippen molar-refractivity contribution >= 4 is 0 Å². The molecule has 108 valence electrons. The summed E-state index contributed by atoms with van der Waals surface area (Å²) in [5.74, 6) is 2.71. The molecule has 0 bridgehead atoms. The second-order valence-corrected chi connectivity index (χ2v) is 5.44. The molecular weight excluding hydrogens is 242 g/mol. The lowest BCUT2D eigenvalue weighted by molar-refractivity contribution is 0.114. The predicted molar refractivity (Wildman–Crippen MR) is 72.7 cm³/mol. The maximum Gasteiger partial charge on any atom is 0.227 e. The minimum atomic E-state index is 0.455. The van der Waals surface area contributed by atoms with Gasteiger partial charge in [-0.05, 0) is 44.2 Å². The van der Waals surface area contributed by atoms with Crippen molar-refractivity contribution in [3.8, 4) is 0 Å². The first-order chi connectivity index (χ1) is 9.29. The molecule has 1 N–H and O–H groups in total. The van der Waals surface area contributed by atoms with Crippen LogP contribution in [0.3, 0.4) is 0 Å².